The molecule has 5 heteroatoms. The normalized spacial score (nSPS) is 21.9. The summed E-state index contributed by atoms with van der Waals surface area (Å²) in [7, 11) is 0. The fourth-order valence-corrected chi connectivity index (χ4v) is 3.03. The van der Waals surface area contributed by atoms with E-state index in [0.717, 1.165) is 36.6 Å². The summed E-state index contributed by atoms with van der Waals surface area (Å²) in [4.78, 5) is 10.8. The van der Waals surface area contributed by atoms with Crippen molar-refractivity contribution in [1.82, 2.24) is 9.97 Å². The van der Waals surface area contributed by atoms with Crippen LogP contribution in [0.5, 0.6) is 0 Å². The standard InChI is InChI=1S/C17H20FN3O/c1-12-19-9-8-17(20-12)21-10-2-3-16(22)15(21)11-13-4-6-14(18)7-5-13/h4-9,15-16,22H,2-3,10-11H2,1H3/t15-,16-/m0/s1. The van der Waals surface area contributed by atoms with Crippen LogP contribution >= 0.6 is 0 Å². The van der Waals surface area contributed by atoms with E-state index < -0.39 is 6.10 Å². The van der Waals surface area contributed by atoms with Crippen molar-refractivity contribution < 1.29 is 9.50 Å². The minimum Gasteiger partial charge on any atom is -0.391 e. The van der Waals surface area contributed by atoms with Gasteiger partial charge in [0.05, 0.1) is 12.1 Å². The molecule has 2 atom stereocenters. The van der Waals surface area contributed by atoms with Crippen molar-refractivity contribution in [2.24, 2.45) is 0 Å². The molecule has 2 heterocycles. The topological polar surface area (TPSA) is 49.2 Å². The summed E-state index contributed by atoms with van der Waals surface area (Å²) in [6.45, 7) is 2.72. The Bertz CT molecular complexity index is 632. The predicted molar refractivity (Wildman–Crippen MR) is 83.2 cm³/mol. The molecule has 1 aromatic carbocycles. The number of nitrogens with zero attached hydrogens (tertiary/aromatic N) is 3. The van der Waals surface area contributed by atoms with Crippen molar-refractivity contribution in [3.05, 3.63) is 53.7 Å². The molecular weight excluding hydrogens is 281 g/mol. The number of halogens is 1. The number of anilines is 1. The molecule has 0 unspecified atom stereocenters. The van der Waals surface area contributed by atoms with E-state index in [1.165, 1.54) is 12.1 Å². The molecule has 1 N–H and O–H groups in total. The van der Waals surface area contributed by atoms with Crippen LogP contribution < -0.4 is 4.90 Å². The van der Waals surface area contributed by atoms with Crippen molar-refractivity contribution in [2.45, 2.75) is 38.3 Å². The van der Waals surface area contributed by atoms with Gasteiger partial charge in [0.15, 0.2) is 0 Å². The van der Waals surface area contributed by atoms with Gasteiger partial charge in [-0.15, -0.1) is 0 Å². The van der Waals surface area contributed by atoms with Crippen LogP contribution in [0.15, 0.2) is 36.5 Å². The molecule has 0 aliphatic carbocycles. The lowest BCUT2D eigenvalue weighted by Gasteiger charge is -2.40. The minimum atomic E-state index is -0.408. The van der Waals surface area contributed by atoms with Crippen molar-refractivity contribution >= 4 is 5.82 Å². The zero-order chi connectivity index (χ0) is 15.5. The van der Waals surface area contributed by atoms with E-state index in [-0.39, 0.29) is 11.9 Å². The first-order valence-corrected chi connectivity index (χ1v) is 7.62. The SMILES string of the molecule is Cc1nccc(N2CCC[C@H](O)[C@@H]2Cc2ccc(F)cc2)n1. The molecule has 116 valence electrons. The molecular formula is C17H20FN3O. The van der Waals surface area contributed by atoms with Gasteiger partial charge in [0, 0.05) is 12.7 Å². The number of aliphatic hydroxyl groups is 1. The van der Waals surface area contributed by atoms with Crippen LogP contribution in [-0.2, 0) is 6.42 Å². The second-order valence-corrected chi connectivity index (χ2v) is 5.76. The molecule has 1 aliphatic rings. The molecule has 1 aromatic heterocycles. The summed E-state index contributed by atoms with van der Waals surface area (Å²) in [6, 6.07) is 8.31. The summed E-state index contributed by atoms with van der Waals surface area (Å²) >= 11 is 0. The number of aromatic nitrogens is 2. The molecule has 0 radical (unpaired) electrons. The van der Waals surface area contributed by atoms with Crippen LogP contribution in [0.4, 0.5) is 10.2 Å². The first-order chi connectivity index (χ1) is 10.6. The molecule has 0 amide bonds. The van der Waals surface area contributed by atoms with Crippen molar-refractivity contribution in [3.63, 3.8) is 0 Å². The fraction of sp³-hybridized carbons (Fsp3) is 0.412. The number of benzene rings is 1. The van der Waals surface area contributed by atoms with Gasteiger partial charge in [-0.2, -0.15) is 0 Å². The van der Waals surface area contributed by atoms with Gasteiger partial charge in [-0.25, -0.2) is 14.4 Å². The van der Waals surface area contributed by atoms with E-state index >= 15 is 0 Å². The van der Waals surface area contributed by atoms with Crippen molar-refractivity contribution in [1.29, 1.82) is 0 Å². The van der Waals surface area contributed by atoms with Gasteiger partial charge < -0.3 is 10.0 Å². The second kappa shape index (κ2) is 6.40. The Labute approximate surface area is 129 Å². The van der Waals surface area contributed by atoms with Gasteiger partial charge in [0.25, 0.3) is 0 Å². The number of piperidine rings is 1. The lowest BCUT2D eigenvalue weighted by atomic mass is 9.93. The van der Waals surface area contributed by atoms with E-state index in [2.05, 4.69) is 14.9 Å². The third-order valence-corrected chi connectivity index (χ3v) is 4.16. The van der Waals surface area contributed by atoms with Gasteiger partial charge in [0.2, 0.25) is 0 Å². The van der Waals surface area contributed by atoms with Gasteiger partial charge >= 0.3 is 0 Å². The fourth-order valence-electron chi connectivity index (χ4n) is 3.03. The van der Waals surface area contributed by atoms with Crippen molar-refractivity contribution in [3.8, 4) is 0 Å². The van der Waals surface area contributed by atoms with Crippen LogP contribution in [0.2, 0.25) is 0 Å². The Morgan fingerprint density at radius 2 is 2.05 bits per heavy atom. The molecule has 1 saturated heterocycles. The smallest absolute Gasteiger partial charge is 0.132 e. The largest absolute Gasteiger partial charge is 0.391 e. The number of rotatable bonds is 3. The lowest BCUT2D eigenvalue weighted by Crippen LogP contribution is -2.50. The third kappa shape index (κ3) is 3.25. The third-order valence-electron chi connectivity index (χ3n) is 4.16. The van der Waals surface area contributed by atoms with Crippen LogP contribution in [0.25, 0.3) is 0 Å². The molecule has 3 rings (SSSR count). The van der Waals surface area contributed by atoms with Crippen LogP contribution in [0.3, 0.4) is 0 Å². The molecule has 4 nitrogen and oxygen atoms in total. The van der Waals surface area contributed by atoms with Crippen LogP contribution in [0, 0.1) is 12.7 Å². The van der Waals surface area contributed by atoms with E-state index in [1.54, 1.807) is 18.3 Å². The first kappa shape index (κ1) is 14.9. The van der Waals surface area contributed by atoms with Crippen molar-refractivity contribution in [2.75, 3.05) is 11.4 Å². The van der Waals surface area contributed by atoms with E-state index in [1.807, 2.05) is 13.0 Å². The first-order valence-electron chi connectivity index (χ1n) is 7.62. The number of hydrogen-bond donors (Lipinski definition) is 1. The Hall–Kier alpha value is -2.01. The van der Waals surface area contributed by atoms with Gasteiger partial charge in [-0.3, -0.25) is 0 Å². The zero-order valence-corrected chi connectivity index (χ0v) is 12.6. The molecule has 0 saturated carbocycles. The average molecular weight is 301 g/mol. The molecule has 0 spiro atoms. The Balaban J connectivity index is 1.85. The summed E-state index contributed by atoms with van der Waals surface area (Å²) in [5.41, 5.74) is 1.02. The molecule has 1 fully saturated rings. The average Bonchev–Trinajstić information content (AvgIpc) is 2.51. The van der Waals surface area contributed by atoms with E-state index in [4.69, 9.17) is 0 Å². The molecule has 22 heavy (non-hydrogen) atoms. The second-order valence-electron chi connectivity index (χ2n) is 5.76. The highest BCUT2D eigenvalue weighted by atomic mass is 19.1. The Morgan fingerprint density at radius 1 is 1.27 bits per heavy atom. The summed E-state index contributed by atoms with van der Waals surface area (Å²) < 4.78 is 13.1. The Morgan fingerprint density at radius 3 is 2.77 bits per heavy atom. The van der Waals surface area contributed by atoms with E-state index in [9.17, 15) is 9.50 Å². The lowest BCUT2D eigenvalue weighted by molar-refractivity contribution is 0.112. The van der Waals surface area contributed by atoms with Crippen LogP contribution in [-0.4, -0.2) is 33.8 Å². The Kier molecular flexibility index (Phi) is 4.34. The maximum Gasteiger partial charge on any atom is 0.132 e. The monoisotopic (exact) mass is 301 g/mol. The predicted octanol–water partition coefficient (Wildman–Crippen LogP) is 2.50. The highest BCUT2D eigenvalue weighted by Crippen LogP contribution is 2.26. The number of hydrogen-bond acceptors (Lipinski definition) is 4. The summed E-state index contributed by atoms with van der Waals surface area (Å²) in [5, 5.41) is 10.4. The summed E-state index contributed by atoms with van der Waals surface area (Å²) in [5.74, 6) is 1.33. The van der Waals surface area contributed by atoms with Gasteiger partial charge in [0.1, 0.15) is 17.5 Å². The maximum atomic E-state index is 13.1. The highest BCUT2D eigenvalue weighted by Gasteiger charge is 2.31. The van der Waals surface area contributed by atoms with Crippen LogP contribution in [0.1, 0.15) is 24.2 Å². The number of aryl methyl sites for hydroxylation is 1. The van der Waals surface area contributed by atoms with E-state index in [0.29, 0.717) is 6.42 Å². The van der Waals surface area contributed by atoms with Gasteiger partial charge in [-0.1, -0.05) is 12.1 Å². The molecule has 1 aliphatic heterocycles. The molecule has 2 aromatic rings. The minimum absolute atomic E-state index is 0.0477. The summed E-state index contributed by atoms with van der Waals surface area (Å²) in [6.07, 6.45) is 3.73. The number of aliphatic hydroxyl groups excluding tert-OH is 1. The zero-order valence-electron chi connectivity index (χ0n) is 12.6. The quantitative estimate of drug-likeness (QED) is 0.946. The highest BCUT2D eigenvalue weighted by molar-refractivity contribution is 5.41. The molecule has 0 bridgehead atoms. The van der Waals surface area contributed by atoms with Gasteiger partial charge in [-0.05, 0) is 49.9 Å². The maximum absolute atomic E-state index is 13.1.